The molecule has 0 amide bonds. The van der Waals surface area contributed by atoms with E-state index in [0.29, 0.717) is 18.9 Å². The molecule has 1 aliphatic rings. The Bertz CT molecular complexity index is 1040. The maximum absolute atomic E-state index is 12.1. The molecule has 0 spiro atoms. The van der Waals surface area contributed by atoms with Crippen LogP contribution in [0.25, 0.3) is 5.52 Å². The van der Waals surface area contributed by atoms with Crippen molar-refractivity contribution in [3.63, 3.8) is 0 Å². The summed E-state index contributed by atoms with van der Waals surface area (Å²) in [7, 11) is 1.72. The summed E-state index contributed by atoms with van der Waals surface area (Å²) in [6.07, 6.45) is 4.40. The first-order valence-electron chi connectivity index (χ1n) is 9.63. The molecule has 1 fully saturated rings. The Morgan fingerprint density at radius 1 is 1.36 bits per heavy atom. The summed E-state index contributed by atoms with van der Waals surface area (Å²) in [6, 6.07) is 1.99. The van der Waals surface area contributed by atoms with E-state index in [1.807, 2.05) is 17.6 Å². The first-order chi connectivity index (χ1) is 13.3. The van der Waals surface area contributed by atoms with Gasteiger partial charge in [-0.1, -0.05) is 20.8 Å². The molecule has 0 bridgehead atoms. The van der Waals surface area contributed by atoms with Crippen molar-refractivity contribution in [2.75, 3.05) is 18.6 Å². The second kappa shape index (κ2) is 6.73. The van der Waals surface area contributed by atoms with Crippen LogP contribution >= 0.6 is 0 Å². The van der Waals surface area contributed by atoms with Crippen LogP contribution in [-0.2, 0) is 16.7 Å². The molecule has 150 valence electrons. The van der Waals surface area contributed by atoms with E-state index in [0.717, 1.165) is 23.4 Å². The Balaban J connectivity index is 1.84. The molecule has 3 aromatic rings. The highest BCUT2D eigenvalue weighted by Gasteiger charge is 2.38. The molecule has 0 aromatic carbocycles. The third-order valence-corrected chi connectivity index (χ3v) is 5.41. The lowest BCUT2D eigenvalue weighted by atomic mass is 9.92. The van der Waals surface area contributed by atoms with Crippen molar-refractivity contribution in [2.45, 2.75) is 58.2 Å². The number of methoxy groups -OCH3 is 1. The predicted octanol–water partition coefficient (Wildman–Crippen LogP) is 1.90. The van der Waals surface area contributed by atoms with Gasteiger partial charge in [-0.15, -0.1) is 0 Å². The zero-order valence-electron chi connectivity index (χ0n) is 17.0. The number of nitrogens with one attached hydrogen (secondary N) is 1. The largest absolute Gasteiger partial charge is 0.380 e. The van der Waals surface area contributed by atoms with Crippen molar-refractivity contribution in [3.8, 4) is 0 Å². The van der Waals surface area contributed by atoms with Crippen molar-refractivity contribution >= 4 is 11.3 Å². The van der Waals surface area contributed by atoms with E-state index in [1.165, 1.54) is 0 Å². The van der Waals surface area contributed by atoms with Crippen LogP contribution < -0.4 is 10.6 Å². The van der Waals surface area contributed by atoms with Crippen LogP contribution in [0.5, 0.6) is 0 Å². The van der Waals surface area contributed by atoms with E-state index in [2.05, 4.69) is 46.9 Å². The molecule has 1 saturated heterocycles. The summed E-state index contributed by atoms with van der Waals surface area (Å²) >= 11 is 0. The fourth-order valence-electron chi connectivity index (χ4n) is 3.83. The predicted molar refractivity (Wildman–Crippen MR) is 106 cm³/mol. The van der Waals surface area contributed by atoms with E-state index in [1.54, 1.807) is 17.9 Å². The van der Waals surface area contributed by atoms with Crippen LogP contribution in [0, 0.1) is 0 Å². The third kappa shape index (κ3) is 2.99. The quantitative estimate of drug-likeness (QED) is 0.737. The molecular weight excluding hydrogens is 358 g/mol. The van der Waals surface area contributed by atoms with E-state index in [4.69, 9.17) is 9.84 Å². The van der Waals surface area contributed by atoms with Gasteiger partial charge in [-0.3, -0.25) is 4.57 Å². The number of rotatable bonds is 4. The summed E-state index contributed by atoms with van der Waals surface area (Å²) in [5, 5.41) is 11.6. The number of nitrogens with zero attached hydrogens (tertiary/aromatic N) is 6. The summed E-state index contributed by atoms with van der Waals surface area (Å²) in [5.41, 5.74) is 1.69. The van der Waals surface area contributed by atoms with Crippen LogP contribution in [0.4, 0.5) is 5.82 Å². The smallest absolute Gasteiger partial charge is 0.343 e. The molecule has 9 nitrogen and oxygen atoms in total. The lowest BCUT2D eigenvalue weighted by Gasteiger charge is -2.25. The molecule has 28 heavy (non-hydrogen) atoms. The van der Waals surface area contributed by atoms with Crippen molar-refractivity contribution < 1.29 is 4.74 Å². The summed E-state index contributed by atoms with van der Waals surface area (Å²) in [4.78, 5) is 19.0. The van der Waals surface area contributed by atoms with Gasteiger partial charge in [-0.05, 0) is 13.0 Å². The number of anilines is 1. The number of hydrogen-bond acceptors (Lipinski definition) is 6. The molecule has 9 heteroatoms. The first-order valence-corrected chi connectivity index (χ1v) is 9.63. The Morgan fingerprint density at radius 3 is 2.82 bits per heavy atom. The Kier molecular flexibility index (Phi) is 4.49. The van der Waals surface area contributed by atoms with E-state index in [9.17, 15) is 4.79 Å². The molecule has 0 aliphatic carbocycles. The van der Waals surface area contributed by atoms with Gasteiger partial charge in [0.15, 0.2) is 11.6 Å². The van der Waals surface area contributed by atoms with Crippen LogP contribution in [0.1, 0.15) is 51.7 Å². The van der Waals surface area contributed by atoms with Crippen LogP contribution in [0.15, 0.2) is 23.3 Å². The van der Waals surface area contributed by atoms with Gasteiger partial charge >= 0.3 is 5.69 Å². The minimum atomic E-state index is -0.191. The lowest BCUT2D eigenvalue weighted by Crippen LogP contribution is -2.29. The molecular formula is C19H27N7O2. The van der Waals surface area contributed by atoms with Gasteiger partial charge < -0.3 is 9.64 Å². The number of aromatic amines is 1. The molecule has 1 N–H and O–H groups in total. The highest BCUT2D eigenvalue weighted by molar-refractivity contribution is 5.70. The average Bonchev–Trinajstić information content (AvgIpc) is 3.36. The van der Waals surface area contributed by atoms with Crippen molar-refractivity contribution in [1.29, 1.82) is 0 Å². The summed E-state index contributed by atoms with van der Waals surface area (Å²) in [6.45, 7) is 9.61. The van der Waals surface area contributed by atoms with Crippen molar-refractivity contribution in [1.82, 2.24) is 29.4 Å². The molecule has 2 atom stereocenters. The van der Waals surface area contributed by atoms with Gasteiger partial charge in [0.25, 0.3) is 0 Å². The Labute approximate surface area is 163 Å². The second-order valence-electron chi connectivity index (χ2n) is 8.25. The van der Waals surface area contributed by atoms with Crippen LogP contribution in [0.2, 0.25) is 0 Å². The van der Waals surface area contributed by atoms with Gasteiger partial charge in [-0.2, -0.15) is 10.2 Å². The maximum Gasteiger partial charge on any atom is 0.343 e. The van der Waals surface area contributed by atoms with E-state index < -0.39 is 0 Å². The normalized spacial score (nSPS) is 20.4. The van der Waals surface area contributed by atoms with Gasteiger partial charge in [0, 0.05) is 44.4 Å². The lowest BCUT2D eigenvalue weighted by molar-refractivity contribution is 0.118. The molecule has 0 saturated carbocycles. The first kappa shape index (κ1) is 18.7. The average molecular weight is 385 g/mol. The van der Waals surface area contributed by atoms with Gasteiger partial charge in [0.1, 0.15) is 5.52 Å². The SMILES string of the molecule is CCn1c([C@@H]2C[C@H](OC)CN2c2nccn3nc(C(C)(C)C)cc23)n[nH]c1=O. The molecule has 4 heterocycles. The fraction of sp³-hybridized carbons (Fsp3) is 0.579. The minimum absolute atomic E-state index is 0.0363. The number of aromatic nitrogens is 6. The zero-order chi connectivity index (χ0) is 20.1. The molecule has 0 radical (unpaired) electrons. The number of H-pyrrole nitrogens is 1. The number of hydrogen-bond donors (Lipinski definition) is 1. The highest BCUT2D eigenvalue weighted by atomic mass is 16.5. The molecule has 4 rings (SSSR count). The highest BCUT2D eigenvalue weighted by Crippen LogP contribution is 2.37. The number of ether oxygens (including phenoxy) is 1. The van der Waals surface area contributed by atoms with Crippen LogP contribution in [0.3, 0.4) is 0 Å². The van der Waals surface area contributed by atoms with Gasteiger partial charge in [0.05, 0.1) is 17.8 Å². The number of fused-ring (bicyclic) bond motifs is 1. The summed E-state index contributed by atoms with van der Waals surface area (Å²) < 4.78 is 9.20. The molecule has 1 aliphatic heterocycles. The van der Waals surface area contributed by atoms with Gasteiger partial charge in [-0.25, -0.2) is 19.4 Å². The Hall–Kier alpha value is -2.68. The van der Waals surface area contributed by atoms with Crippen molar-refractivity contribution in [2.24, 2.45) is 0 Å². The van der Waals surface area contributed by atoms with E-state index in [-0.39, 0.29) is 23.3 Å². The minimum Gasteiger partial charge on any atom is -0.380 e. The topological polar surface area (TPSA) is 93.3 Å². The maximum atomic E-state index is 12.1. The molecule has 0 unspecified atom stereocenters. The monoisotopic (exact) mass is 385 g/mol. The summed E-state index contributed by atoms with van der Waals surface area (Å²) in [5.74, 6) is 1.54. The second-order valence-corrected chi connectivity index (χ2v) is 8.25. The van der Waals surface area contributed by atoms with Crippen LogP contribution in [-0.4, -0.2) is 49.1 Å². The fourth-order valence-corrected chi connectivity index (χ4v) is 3.83. The molecule has 3 aromatic heterocycles. The zero-order valence-corrected chi connectivity index (χ0v) is 17.0. The Morgan fingerprint density at radius 2 is 2.14 bits per heavy atom. The standard InChI is InChI=1S/C19H27N7O2/c1-6-24-17(21-22-18(24)27)13-9-12(28-5)11-25(13)16-14-10-15(19(2,3)4)23-26(14)8-7-20-16/h7-8,10,12-13H,6,9,11H2,1-5H3,(H,22,27)/t12-,13-/m0/s1. The van der Waals surface area contributed by atoms with Crippen molar-refractivity contribution in [3.05, 3.63) is 40.5 Å². The van der Waals surface area contributed by atoms with E-state index >= 15 is 0 Å². The third-order valence-electron chi connectivity index (χ3n) is 5.41. The van der Waals surface area contributed by atoms with Gasteiger partial charge in [0.2, 0.25) is 0 Å².